The fourth-order valence-electron chi connectivity index (χ4n) is 2.71. The van der Waals surface area contributed by atoms with Crippen molar-refractivity contribution in [2.24, 2.45) is 5.10 Å². The van der Waals surface area contributed by atoms with E-state index < -0.39 is 0 Å². The maximum absolute atomic E-state index is 12.3. The second kappa shape index (κ2) is 10.3. The molecule has 0 atom stereocenters. The van der Waals surface area contributed by atoms with E-state index in [0.29, 0.717) is 34.4 Å². The van der Waals surface area contributed by atoms with Gasteiger partial charge in [0.05, 0.1) is 26.0 Å². The highest BCUT2D eigenvalue weighted by Gasteiger charge is 2.10. The maximum Gasteiger partial charge on any atom is 0.275 e. The molecule has 154 valence electrons. The SMILES string of the molecule is COc1cc(/C=N\NC(=O)c2ccccc2OC)ccc1OCc1ccccc1Cl. The zero-order valence-electron chi connectivity index (χ0n) is 16.6. The summed E-state index contributed by atoms with van der Waals surface area (Å²) in [5.41, 5.74) is 4.51. The van der Waals surface area contributed by atoms with Gasteiger partial charge in [0.1, 0.15) is 12.4 Å². The minimum absolute atomic E-state index is 0.318. The highest BCUT2D eigenvalue weighted by molar-refractivity contribution is 6.31. The van der Waals surface area contributed by atoms with Gasteiger partial charge < -0.3 is 14.2 Å². The molecule has 0 saturated heterocycles. The summed E-state index contributed by atoms with van der Waals surface area (Å²) in [5.74, 6) is 1.23. The van der Waals surface area contributed by atoms with Crippen molar-refractivity contribution < 1.29 is 19.0 Å². The Hall–Kier alpha value is -3.51. The van der Waals surface area contributed by atoms with E-state index in [9.17, 15) is 4.79 Å². The molecule has 0 fully saturated rings. The van der Waals surface area contributed by atoms with Crippen molar-refractivity contribution in [3.63, 3.8) is 0 Å². The van der Waals surface area contributed by atoms with Crippen molar-refractivity contribution in [1.29, 1.82) is 0 Å². The molecule has 0 bridgehead atoms. The minimum Gasteiger partial charge on any atom is -0.496 e. The van der Waals surface area contributed by atoms with E-state index in [1.54, 1.807) is 43.5 Å². The van der Waals surface area contributed by atoms with E-state index in [4.69, 9.17) is 25.8 Å². The molecule has 0 aromatic heterocycles. The monoisotopic (exact) mass is 424 g/mol. The van der Waals surface area contributed by atoms with Crippen molar-refractivity contribution in [3.05, 3.63) is 88.4 Å². The molecule has 0 aliphatic heterocycles. The normalized spacial score (nSPS) is 10.6. The molecule has 0 unspecified atom stereocenters. The Bertz CT molecular complexity index is 1050. The number of methoxy groups -OCH3 is 2. The van der Waals surface area contributed by atoms with Crippen molar-refractivity contribution >= 4 is 23.7 Å². The van der Waals surface area contributed by atoms with Gasteiger partial charge in [0.15, 0.2) is 11.5 Å². The van der Waals surface area contributed by atoms with Gasteiger partial charge in [-0.1, -0.05) is 41.9 Å². The average molecular weight is 425 g/mol. The number of nitrogens with one attached hydrogen (secondary N) is 1. The third-order valence-corrected chi connectivity index (χ3v) is 4.63. The van der Waals surface area contributed by atoms with Crippen LogP contribution in [0.2, 0.25) is 5.02 Å². The summed E-state index contributed by atoms with van der Waals surface area (Å²) in [6, 6.07) is 19.8. The molecule has 3 aromatic rings. The number of benzene rings is 3. The van der Waals surface area contributed by atoms with Gasteiger partial charge in [0.25, 0.3) is 5.91 Å². The number of para-hydroxylation sites is 1. The first-order valence-corrected chi connectivity index (χ1v) is 9.51. The first-order valence-electron chi connectivity index (χ1n) is 9.13. The first-order chi connectivity index (χ1) is 14.6. The minimum atomic E-state index is -0.365. The van der Waals surface area contributed by atoms with Gasteiger partial charge in [-0.15, -0.1) is 0 Å². The summed E-state index contributed by atoms with van der Waals surface area (Å²) in [5, 5.41) is 4.65. The van der Waals surface area contributed by atoms with Gasteiger partial charge in [0, 0.05) is 10.6 Å². The van der Waals surface area contributed by atoms with E-state index >= 15 is 0 Å². The summed E-state index contributed by atoms with van der Waals surface area (Å²) in [4.78, 5) is 12.3. The molecule has 0 heterocycles. The molecule has 0 spiro atoms. The van der Waals surface area contributed by atoms with E-state index in [-0.39, 0.29) is 5.91 Å². The Morgan fingerprint density at radius 1 is 0.967 bits per heavy atom. The lowest BCUT2D eigenvalue weighted by Crippen LogP contribution is -2.18. The van der Waals surface area contributed by atoms with Gasteiger partial charge >= 0.3 is 0 Å². The van der Waals surface area contributed by atoms with Crippen LogP contribution in [0.1, 0.15) is 21.5 Å². The lowest BCUT2D eigenvalue weighted by Gasteiger charge is -2.12. The number of halogens is 1. The second-order valence-electron chi connectivity index (χ2n) is 6.19. The van der Waals surface area contributed by atoms with E-state index in [0.717, 1.165) is 11.1 Å². The smallest absolute Gasteiger partial charge is 0.275 e. The Labute approximate surface area is 180 Å². The number of rotatable bonds is 8. The molecule has 1 amide bonds. The topological polar surface area (TPSA) is 69.2 Å². The van der Waals surface area contributed by atoms with Crippen LogP contribution >= 0.6 is 11.6 Å². The fourth-order valence-corrected chi connectivity index (χ4v) is 2.90. The summed E-state index contributed by atoms with van der Waals surface area (Å²) in [6.07, 6.45) is 1.52. The zero-order chi connectivity index (χ0) is 21.3. The van der Waals surface area contributed by atoms with Gasteiger partial charge in [-0.2, -0.15) is 5.10 Å². The van der Waals surface area contributed by atoms with Crippen LogP contribution in [0.25, 0.3) is 0 Å². The second-order valence-corrected chi connectivity index (χ2v) is 6.60. The maximum atomic E-state index is 12.3. The van der Waals surface area contributed by atoms with Crippen LogP contribution in [0.4, 0.5) is 0 Å². The van der Waals surface area contributed by atoms with Gasteiger partial charge in [0.2, 0.25) is 0 Å². The van der Waals surface area contributed by atoms with Crippen LogP contribution in [0.15, 0.2) is 71.8 Å². The van der Waals surface area contributed by atoms with Crippen LogP contribution in [-0.2, 0) is 6.61 Å². The van der Waals surface area contributed by atoms with Crippen LogP contribution in [0.3, 0.4) is 0 Å². The molecule has 0 aliphatic carbocycles. The molecule has 6 nitrogen and oxygen atoms in total. The van der Waals surface area contributed by atoms with Gasteiger partial charge in [-0.05, 0) is 42.0 Å². The van der Waals surface area contributed by atoms with E-state index in [2.05, 4.69) is 10.5 Å². The lowest BCUT2D eigenvalue weighted by molar-refractivity contribution is 0.0952. The molecule has 0 saturated carbocycles. The van der Waals surface area contributed by atoms with Crippen molar-refractivity contribution in [2.45, 2.75) is 6.61 Å². The summed E-state index contributed by atoms with van der Waals surface area (Å²) in [6.45, 7) is 0.318. The van der Waals surface area contributed by atoms with Crippen LogP contribution in [-0.4, -0.2) is 26.3 Å². The molecule has 0 aliphatic rings. The zero-order valence-corrected chi connectivity index (χ0v) is 17.3. The summed E-state index contributed by atoms with van der Waals surface area (Å²) < 4.78 is 16.4. The van der Waals surface area contributed by atoms with Crippen LogP contribution < -0.4 is 19.6 Å². The number of carbonyl (C=O) groups excluding carboxylic acids is 1. The highest BCUT2D eigenvalue weighted by atomic mass is 35.5. The van der Waals surface area contributed by atoms with E-state index in [1.165, 1.54) is 13.3 Å². The largest absolute Gasteiger partial charge is 0.496 e. The predicted molar refractivity (Wildman–Crippen MR) is 117 cm³/mol. The number of carbonyl (C=O) groups is 1. The van der Waals surface area contributed by atoms with E-state index in [1.807, 2.05) is 30.3 Å². The number of amides is 1. The molecule has 7 heteroatoms. The number of hydrogen-bond donors (Lipinski definition) is 1. The molecule has 30 heavy (non-hydrogen) atoms. The van der Waals surface area contributed by atoms with Gasteiger partial charge in [-0.25, -0.2) is 5.43 Å². The number of hydrogen-bond acceptors (Lipinski definition) is 5. The first kappa shape index (κ1) is 21.2. The van der Waals surface area contributed by atoms with Crippen LogP contribution in [0.5, 0.6) is 17.2 Å². The van der Waals surface area contributed by atoms with Crippen molar-refractivity contribution in [3.8, 4) is 17.2 Å². The molecule has 3 aromatic carbocycles. The Balaban J connectivity index is 1.65. The average Bonchev–Trinajstić information content (AvgIpc) is 2.78. The Morgan fingerprint density at radius 3 is 2.47 bits per heavy atom. The molecular weight excluding hydrogens is 404 g/mol. The van der Waals surface area contributed by atoms with Crippen molar-refractivity contribution in [2.75, 3.05) is 14.2 Å². The molecular formula is C23H21ClN2O4. The summed E-state index contributed by atoms with van der Waals surface area (Å²) >= 11 is 6.16. The fraction of sp³-hybridized carbons (Fsp3) is 0.130. The summed E-state index contributed by atoms with van der Waals surface area (Å²) in [7, 11) is 3.07. The molecule has 0 radical (unpaired) electrons. The van der Waals surface area contributed by atoms with Crippen LogP contribution in [0, 0.1) is 0 Å². The van der Waals surface area contributed by atoms with Gasteiger partial charge in [-0.3, -0.25) is 4.79 Å². The highest BCUT2D eigenvalue weighted by Crippen LogP contribution is 2.29. The predicted octanol–water partition coefficient (Wildman–Crippen LogP) is 4.70. The quantitative estimate of drug-likeness (QED) is 0.420. The lowest BCUT2D eigenvalue weighted by atomic mass is 10.2. The molecule has 3 rings (SSSR count). The Kier molecular flexibility index (Phi) is 7.29. The number of nitrogens with zero attached hydrogens (tertiary/aromatic N) is 1. The third kappa shape index (κ3) is 5.30. The third-order valence-electron chi connectivity index (χ3n) is 4.26. The Morgan fingerprint density at radius 2 is 1.70 bits per heavy atom. The number of ether oxygens (including phenoxy) is 3. The van der Waals surface area contributed by atoms with Crippen molar-refractivity contribution in [1.82, 2.24) is 5.43 Å². The molecule has 1 N–H and O–H groups in total. The standard InChI is InChI=1S/C23H21ClN2O4/c1-28-20-10-6-4-8-18(20)23(27)26-25-14-16-11-12-21(22(13-16)29-2)30-15-17-7-3-5-9-19(17)24/h3-14H,15H2,1-2H3,(H,26,27)/b25-14-. The number of hydrazone groups is 1.